The molecule has 0 aliphatic carbocycles. The molecule has 26 heavy (non-hydrogen) atoms. The van der Waals surface area contributed by atoms with Crippen LogP contribution < -0.4 is 0 Å². The lowest BCUT2D eigenvalue weighted by Crippen LogP contribution is -2.48. The minimum absolute atomic E-state index is 0.0643. The molecule has 0 saturated carbocycles. The number of rotatable bonds is 4. The fraction of sp³-hybridized carbons (Fsp3) is 0.400. The molecule has 0 N–H and O–H groups in total. The van der Waals surface area contributed by atoms with Crippen LogP contribution in [0.5, 0.6) is 0 Å². The van der Waals surface area contributed by atoms with Gasteiger partial charge in [-0.1, -0.05) is 29.8 Å². The summed E-state index contributed by atoms with van der Waals surface area (Å²) >= 11 is 6.25. The van der Waals surface area contributed by atoms with E-state index in [1.165, 1.54) is 0 Å². The average molecular weight is 373 g/mol. The summed E-state index contributed by atoms with van der Waals surface area (Å²) in [5, 5.41) is 5.14. The van der Waals surface area contributed by atoms with Gasteiger partial charge in [0.1, 0.15) is 0 Å². The van der Waals surface area contributed by atoms with Crippen LogP contribution in [0.3, 0.4) is 0 Å². The summed E-state index contributed by atoms with van der Waals surface area (Å²) < 4.78 is 1.79. The fourth-order valence-electron chi connectivity index (χ4n) is 3.32. The van der Waals surface area contributed by atoms with Crippen molar-refractivity contribution in [2.75, 3.05) is 32.7 Å². The van der Waals surface area contributed by atoms with E-state index in [1.807, 2.05) is 49.9 Å². The van der Waals surface area contributed by atoms with E-state index in [-0.39, 0.29) is 5.91 Å². The maximum Gasteiger partial charge on any atom is 0.254 e. The number of piperazine rings is 1. The van der Waals surface area contributed by atoms with Gasteiger partial charge in [-0.2, -0.15) is 5.10 Å². The third-order valence-electron chi connectivity index (χ3n) is 4.69. The molecule has 0 bridgehead atoms. The predicted molar refractivity (Wildman–Crippen MR) is 105 cm³/mol. The summed E-state index contributed by atoms with van der Waals surface area (Å²) in [5.41, 5.74) is 4.35. The summed E-state index contributed by atoms with van der Waals surface area (Å²) in [5.74, 6) is 0.0643. The highest BCUT2D eigenvalue weighted by molar-refractivity contribution is 6.31. The van der Waals surface area contributed by atoms with Gasteiger partial charge in [0.15, 0.2) is 0 Å². The van der Waals surface area contributed by atoms with Gasteiger partial charge < -0.3 is 4.90 Å². The number of benzene rings is 1. The quantitative estimate of drug-likeness (QED) is 0.771. The highest BCUT2D eigenvalue weighted by atomic mass is 35.5. The Morgan fingerprint density at radius 2 is 1.92 bits per heavy atom. The molecule has 0 spiro atoms. The van der Waals surface area contributed by atoms with E-state index in [2.05, 4.69) is 16.6 Å². The molecular formula is C20H25ClN4O. The number of amides is 1. The molecule has 1 aromatic heterocycles. The van der Waals surface area contributed by atoms with Crippen LogP contribution in [0.25, 0.3) is 5.69 Å². The lowest BCUT2D eigenvalue weighted by molar-refractivity contribution is 0.0648. The largest absolute Gasteiger partial charge is 0.336 e. The van der Waals surface area contributed by atoms with Crippen LogP contribution in [0, 0.1) is 13.8 Å². The number of hydrogen-bond donors (Lipinski definition) is 0. The van der Waals surface area contributed by atoms with Gasteiger partial charge in [-0.3, -0.25) is 9.69 Å². The Kier molecular flexibility index (Phi) is 5.49. The second-order valence-electron chi connectivity index (χ2n) is 6.97. The van der Waals surface area contributed by atoms with E-state index in [0.717, 1.165) is 55.4 Å². The van der Waals surface area contributed by atoms with Crippen molar-refractivity contribution in [3.63, 3.8) is 0 Å². The predicted octanol–water partition coefficient (Wildman–Crippen LogP) is 3.48. The molecule has 5 nitrogen and oxygen atoms in total. The molecule has 6 heteroatoms. The van der Waals surface area contributed by atoms with Crippen molar-refractivity contribution in [2.24, 2.45) is 0 Å². The molecule has 1 saturated heterocycles. The Labute approximate surface area is 159 Å². The van der Waals surface area contributed by atoms with Crippen molar-refractivity contribution < 1.29 is 4.79 Å². The van der Waals surface area contributed by atoms with Crippen molar-refractivity contribution in [3.8, 4) is 5.69 Å². The van der Waals surface area contributed by atoms with Gasteiger partial charge in [0.2, 0.25) is 0 Å². The van der Waals surface area contributed by atoms with Crippen LogP contribution in [0.4, 0.5) is 0 Å². The van der Waals surface area contributed by atoms with Gasteiger partial charge in [-0.25, -0.2) is 4.68 Å². The van der Waals surface area contributed by atoms with E-state index in [0.29, 0.717) is 10.6 Å². The molecule has 1 aliphatic rings. The fourth-order valence-corrected chi connectivity index (χ4v) is 3.44. The maximum absolute atomic E-state index is 12.9. The molecule has 0 unspecified atom stereocenters. The number of hydrogen-bond acceptors (Lipinski definition) is 3. The van der Waals surface area contributed by atoms with Crippen molar-refractivity contribution in [1.82, 2.24) is 19.6 Å². The zero-order valence-electron chi connectivity index (χ0n) is 15.6. The van der Waals surface area contributed by atoms with Crippen LogP contribution in [-0.4, -0.2) is 58.2 Å². The minimum Gasteiger partial charge on any atom is -0.336 e. The Morgan fingerprint density at radius 3 is 2.50 bits per heavy atom. The van der Waals surface area contributed by atoms with Crippen molar-refractivity contribution in [3.05, 3.63) is 58.4 Å². The monoisotopic (exact) mass is 372 g/mol. The van der Waals surface area contributed by atoms with Crippen LogP contribution >= 0.6 is 11.6 Å². The van der Waals surface area contributed by atoms with Crippen molar-refractivity contribution in [2.45, 2.75) is 20.8 Å². The molecule has 1 aliphatic heterocycles. The number of aromatic nitrogens is 2. The normalized spacial score (nSPS) is 15.3. The van der Waals surface area contributed by atoms with Gasteiger partial charge in [-0.15, -0.1) is 0 Å². The summed E-state index contributed by atoms with van der Waals surface area (Å²) in [6.45, 7) is 13.9. The second-order valence-corrected chi connectivity index (χ2v) is 7.35. The molecule has 3 rings (SSSR count). The first-order chi connectivity index (χ1) is 12.4. The number of halogens is 1. The smallest absolute Gasteiger partial charge is 0.254 e. The van der Waals surface area contributed by atoms with Crippen LogP contribution in [0.1, 0.15) is 28.7 Å². The van der Waals surface area contributed by atoms with Gasteiger partial charge in [0, 0.05) is 38.3 Å². The highest BCUT2D eigenvalue weighted by Crippen LogP contribution is 2.23. The number of nitrogens with zero attached hydrogens (tertiary/aromatic N) is 4. The zero-order chi connectivity index (χ0) is 18.8. The Morgan fingerprint density at radius 1 is 1.23 bits per heavy atom. The summed E-state index contributed by atoms with van der Waals surface area (Å²) in [6, 6.07) is 7.58. The lowest BCUT2D eigenvalue weighted by Gasteiger charge is -2.34. The molecule has 138 valence electrons. The first kappa shape index (κ1) is 18.7. The first-order valence-electron chi connectivity index (χ1n) is 8.85. The first-order valence-corrected chi connectivity index (χ1v) is 9.23. The maximum atomic E-state index is 12.9. The van der Waals surface area contributed by atoms with Gasteiger partial charge >= 0.3 is 0 Å². The van der Waals surface area contributed by atoms with Crippen LogP contribution in [-0.2, 0) is 0 Å². The van der Waals surface area contributed by atoms with Crippen LogP contribution in [0.15, 0.2) is 36.4 Å². The topological polar surface area (TPSA) is 41.4 Å². The summed E-state index contributed by atoms with van der Waals surface area (Å²) in [6.07, 6.45) is 0. The molecule has 0 atom stereocenters. The number of aryl methyl sites for hydroxylation is 1. The third-order valence-corrected chi connectivity index (χ3v) is 5.24. The molecule has 1 aromatic carbocycles. The van der Waals surface area contributed by atoms with E-state index in [9.17, 15) is 4.79 Å². The van der Waals surface area contributed by atoms with E-state index in [4.69, 9.17) is 11.6 Å². The molecule has 2 aromatic rings. The molecular weight excluding hydrogens is 348 g/mol. The molecule has 1 amide bonds. The molecule has 2 heterocycles. The standard InChI is InChI=1S/C20H25ClN4O/c1-14(2)13-23-8-10-24(11-9-23)20(26)17-6-5-7-18(12-17)25-16(4)19(21)15(3)22-25/h5-7,12H,1,8-11,13H2,2-4H3. The lowest BCUT2D eigenvalue weighted by atomic mass is 10.1. The Bertz CT molecular complexity index is 834. The van der Waals surface area contributed by atoms with Crippen LogP contribution in [0.2, 0.25) is 5.02 Å². The zero-order valence-corrected chi connectivity index (χ0v) is 16.4. The minimum atomic E-state index is 0.0643. The van der Waals surface area contributed by atoms with Gasteiger partial charge in [-0.05, 0) is 39.0 Å². The molecule has 0 radical (unpaired) electrons. The van der Waals surface area contributed by atoms with Crippen molar-refractivity contribution >= 4 is 17.5 Å². The third kappa shape index (κ3) is 3.84. The highest BCUT2D eigenvalue weighted by Gasteiger charge is 2.22. The van der Waals surface area contributed by atoms with E-state index >= 15 is 0 Å². The van der Waals surface area contributed by atoms with E-state index in [1.54, 1.807) is 4.68 Å². The SMILES string of the molecule is C=C(C)CN1CCN(C(=O)c2cccc(-n3nc(C)c(Cl)c3C)c2)CC1. The van der Waals surface area contributed by atoms with Gasteiger partial charge in [0.05, 0.1) is 22.1 Å². The Hall–Kier alpha value is -2.11. The van der Waals surface area contributed by atoms with Gasteiger partial charge in [0.25, 0.3) is 5.91 Å². The number of carbonyl (C=O) groups is 1. The van der Waals surface area contributed by atoms with Crippen molar-refractivity contribution in [1.29, 1.82) is 0 Å². The second kappa shape index (κ2) is 7.64. The summed E-state index contributed by atoms with van der Waals surface area (Å²) in [7, 11) is 0. The van der Waals surface area contributed by atoms with E-state index < -0.39 is 0 Å². The Balaban J connectivity index is 1.75. The molecule has 1 fully saturated rings. The average Bonchev–Trinajstić information content (AvgIpc) is 2.89. The summed E-state index contributed by atoms with van der Waals surface area (Å²) in [4.78, 5) is 17.2. The number of carbonyl (C=O) groups excluding carboxylic acids is 1.